The Bertz CT molecular complexity index is 1950. The molecule has 4 unspecified atom stereocenters. The fourth-order valence-electron chi connectivity index (χ4n) is 5.40. The molecule has 310 valence electrons. The molecule has 0 radical (unpaired) electrons. The van der Waals surface area contributed by atoms with Crippen LogP contribution < -0.4 is 11.5 Å². The van der Waals surface area contributed by atoms with E-state index < -0.39 is 99.0 Å². The van der Waals surface area contributed by atoms with Crippen LogP contribution in [-0.4, -0.2) is 163 Å². The molecule has 0 aliphatic carbocycles. The Morgan fingerprint density at radius 1 is 0.661 bits per heavy atom. The molecule has 0 amide bonds. The summed E-state index contributed by atoms with van der Waals surface area (Å²) in [5.74, 6) is 0.0874. The van der Waals surface area contributed by atoms with Crippen LogP contribution in [0.4, 0.5) is 11.6 Å². The average molecular weight is 877 g/mol. The smallest absolute Gasteiger partial charge is 0.387 e. The molecule has 4 aromatic rings. The maximum atomic E-state index is 12.5. The summed E-state index contributed by atoms with van der Waals surface area (Å²) >= 11 is -0.758. The van der Waals surface area contributed by atoms with Gasteiger partial charge in [-0.25, -0.2) is 48.8 Å². The maximum Gasteiger partial charge on any atom is 0.415 e. The maximum absolute atomic E-state index is 12.5. The van der Waals surface area contributed by atoms with Crippen LogP contribution in [0.25, 0.3) is 22.3 Å². The first-order chi connectivity index (χ1) is 26.4. The highest BCUT2D eigenvalue weighted by molar-refractivity contribution is 8.55. The van der Waals surface area contributed by atoms with E-state index in [2.05, 4.69) is 39.3 Å². The Morgan fingerprint density at radius 2 is 1.04 bits per heavy atom. The molecule has 32 heteroatoms. The minimum atomic E-state index is -5.05. The fourth-order valence-corrected chi connectivity index (χ4v) is 9.83. The van der Waals surface area contributed by atoms with Gasteiger partial charge in [0.05, 0.1) is 12.7 Å². The zero-order chi connectivity index (χ0) is 40.7. The van der Waals surface area contributed by atoms with Gasteiger partial charge in [-0.05, 0) is 22.8 Å². The van der Waals surface area contributed by atoms with Crippen molar-refractivity contribution in [2.24, 2.45) is 0 Å². The molecular formula is C24H34N10O18P2S2. The normalized spacial score (nSPS) is 30.0. The third-order valence-corrected chi connectivity index (χ3v) is 13.5. The van der Waals surface area contributed by atoms with E-state index in [9.17, 15) is 59.8 Å². The van der Waals surface area contributed by atoms with Crippen LogP contribution in [0.2, 0.25) is 0 Å². The van der Waals surface area contributed by atoms with Gasteiger partial charge in [-0.2, -0.15) is 0 Å². The Balaban J connectivity index is 0.935. The number of anilines is 2. The molecule has 4 aromatic heterocycles. The largest absolute Gasteiger partial charge is 0.415 e. The summed E-state index contributed by atoms with van der Waals surface area (Å²) in [5, 5.41) is 83.0. The van der Waals surface area contributed by atoms with Crippen molar-refractivity contribution in [1.29, 1.82) is 0 Å². The van der Waals surface area contributed by atoms with Crippen LogP contribution in [0, 0.1) is 0 Å². The van der Waals surface area contributed by atoms with Crippen LogP contribution >= 0.6 is 36.4 Å². The van der Waals surface area contributed by atoms with Gasteiger partial charge in [0, 0.05) is 0 Å². The molecule has 28 nitrogen and oxygen atoms in total. The fraction of sp³-hybridized carbons (Fsp3) is 0.583. The highest BCUT2D eigenvalue weighted by Crippen LogP contribution is 2.60. The standard InChI is InChI=1S/C24H34N10O18P2S2/c25-17-9-19(29-3-27-17)33(5-31-9)21-13(37)11(35)7(49-21)1-47-51-53(43,44)55-23(41)15(39)16(40)24(42)56-54(45,46)52-48-2-8-12(36)14(38)22(50-8)34-6-32-10-18(26)28-4-30-20(10)34/h3-8,11-16,21-24,35-42H,1-2H2,(H,43,44)(H,45,46)(H2,25,27,29)(H2,26,28,30)/t7-,8-,11-,12-,13-,14-,15-,16+,21-,22-,23?,24?/m1/s1. The van der Waals surface area contributed by atoms with E-state index in [0.29, 0.717) is 0 Å². The summed E-state index contributed by atoms with van der Waals surface area (Å²) in [5.41, 5.74) is 7.44. The second-order valence-electron chi connectivity index (χ2n) is 11.9. The van der Waals surface area contributed by atoms with Gasteiger partial charge in [-0.1, -0.05) is 0 Å². The van der Waals surface area contributed by atoms with Crippen molar-refractivity contribution in [2.75, 3.05) is 24.7 Å². The summed E-state index contributed by atoms with van der Waals surface area (Å²) in [7, 11) is 0. The van der Waals surface area contributed by atoms with E-state index in [4.69, 9.17) is 30.7 Å². The second kappa shape index (κ2) is 17.2. The summed E-state index contributed by atoms with van der Waals surface area (Å²) in [6.45, 7) is -11.6. The number of nitrogens with zero attached hydrogens (tertiary/aromatic N) is 8. The van der Waals surface area contributed by atoms with Crippen molar-refractivity contribution in [3.05, 3.63) is 25.3 Å². The van der Waals surface area contributed by atoms with Crippen molar-refractivity contribution in [3.8, 4) is 0 Å². The van der Waals surface area contributed by atoms with Crippen LogP contribution in [0.3, 0.4) is 0 Å². The van der Waals surface area contributed by atoms with Crippen LogP contribution in [0.5, 0.6) is 0 Å². The number of hydrogen-bond donors (Lipinski definition) is 12. The van der Waals surface area contributed by atoms with Crippen LogP contribution in [0.1, 0.15) is 12.5 Å². The summed E-state index contributed by atoms with van der Waals surface area (Å²) in [6, 6.07) is 0. The van der Waals surface area contributed by atoms with Crippen molar-refractivity contribution in [3.63, 3.8) is 0 Å². The summed E-state index contributed by atoms with van der Waals surface area (Å²) < 4.78 is 47.6. The molecule has 2 fully saturated rings. The molecule has 6 rings (SSSR count). The highest BCUT2D eigenvalue weighted by atomic mass is 32.7. The Kier molecular flexibility index (Phi) is 13.2. The minimum Gasteiger partial charge on any atom is -0.387 e. The van der Waals surface area contributed by atoms with Crippen molar-refractivity contribution in [1.82, 2.24) is 39.0 Å². The van der Waals surface area contributed by atoms with Gasteiger partial charge in [-0.3, -0.25) is 9.13 Å². The first-order valence-electron chi connectivity index (χ1n) is 15.7. The van der Waals surface area contributed by atoms with Gasteiger partial charge in [0.2, 0.25) is 0 Å². The molecule has 2 aliphatic heterocycles. The molecule has 0 spiro atoms. The first kappa shape index (κ1) is 42.8. The Labute approximate surface area is 319 Å². The molecule has 2 aliphatic rings. The molecule has 6 heterocycles. The number of aliphatic hydroxyl groups excluding tert-OH is 8. The number of aliphatic hydroxyl groups is 8. The van der Waals surface area contributed by atoms with Gasteiger partial charge in [0.25, 0.3) is 0 Å². The predicted molar refractivity (Wildman–Crippen MR) is 184 cm³/mol. The number of hydrogen-bond acceptors (Lipinski definition) is 26. The lowest BCUT2D eigenvalue weighted by atomic mass is 10.1. The van der Waals surface area contributed by atoms with Crippen molar-refractivity contribution < 1.29 is 88.4 Å². The number of rotatable bonds is 17. The van der Waals surface area contributed by atoms with Gasteiger partial charge in [-0.15, -0.1) is 9.35 Å². The van der Waals surface area contributed by atoms with E-state index in [0.717, 1.165) is 12.7 Å². The number of aromatic nitrogens is 8. The molecule has 14 atom stereocenters. The lowest BCUT2D eigenvalue weighted by molar-refractivity contribution is -0.236. The summed E-state index contributed by atoms with van der Waals surface area (Å²) in [6.07, 6.45) is -11.8. The van der Waals surface area contributed by atoms with Crippen LogP contribution in [0.15, 0.2) is 25.3 Å². The monoisotopic (exact) mass is 876 g/mol. The SMILES string of the molecule is Nc1ncnc2c1ncn2[C@@H]1O[C@H](COOP(=O)(O)SC(O)[C@@H](O)[C@@H](O)C(O)SP(=O)(O)OOC[C@H]2O[C@@H](n3cnc4c(N)ncnc43)[C@H](O)[C@@H]2O)[C@@H](O)[C@H]1O. The van der Waals surface area contributed by atoms with Gasteiger partial charge < -0.3 is 71.6 Å². The van der Waals surface area contributed by atoms with Gasteiger partial charge in [0.1, 0.15) is 96.6 Å². The van der Waals surface area contributed by atoms with Crippen molar-refractivity contribution in [2.45, 2.75) is 72.2 Å². The molecule has 0 bridgehead atoms. The molecule has 56 heavy (non-hydrogen) atoms. The van der Waals surface area contributed by atoms with E-state index in [-0.39, 0.29) is 56.7 Å². The van der Waals surface area contributed by atoms with E-state index in [1.165, 1.54) is 21.8 Å². The van der Waals surface area contributed by atoms with E-state index in [1.54, 1.807) is 0 Å². The zero-order valence-corrected chi connectivity index (χ0v) is 31.3. The molecule has 2 saturated heterocycles. The number of ether oxygens (including phenoxy) is 2. The van der Waals surface area contributed by atoms with Crippen LogP contribution in [-0.2, 0) is 37.7 Å². The topological polar surface area (TPSA) is 431 Å². The molecule has 0 saturated carbocycles. The quantitative estimate of drug-likeness (QED) is 0.0208. The third kappa shape index (κ3) is 9.09. The lowest BCUT2D eigenvalue weighted by Crippen LogP contribution is -2.41. The zero-order valence-electron chi connectivity index (χ0n) is 27.8. The summed E-state index contributed by atoms with van der Waals surface area (Å²) in [4.78, 5) is 53.3. The second-order valence-corrected chi connectivity index (χ2v) is 19.5. The van der Waals surface area contributed by atoms with Gasteiger partial charge in [0.15, 0.2) is 35.4 Å². The number of imidazole rings is 2. The van der Waals surface area contributed by atoms with Gasteiger partial charge >= 0.3 is 13.6 Å². The van der Waals surface area contributed by atoms with E-state index in [1.807, 2.05) is 0 Å². The number of nitrogens with two attached hydrogens (primary N) is 2. The third-order valence-electron chi connectivity index (χ3n) is 8.17. The molecule has 14 N–H and O–H groups in total. The molecular weight excluding hydrogens is 842 g/mol. The predicted octanol–water partition coefficient (Wildman–Crippen LogP) is -4.01. The minimum absolute atomic E-state index is 0.0437. The number of nitrogen functional groups attached to an aromatic ring is 2. The Morgan fingerprint density at radius 3 is 1.41 bits per heavy atom. The Hall–Kier alpha value is -2.78. The highest BCUT2D eigenvalue weighted by Gasteiger charge is 2.47. The van der Waals surface area contributed by atoms with Crippen molar-refractivity contribution >= 4 is 70.3 Å². The van der Waals surface area contributed by atoms with E-state index >= 15 is 0 Å². The average Bonchev–Trinajstić information content (AvgIpc) is 3.90. The number of fused-ring (bicyclic) bond motifs is 2. The molecule has 0 aromatic carbocycles. The lowest BCUT2D eigenvalue weighted by Gasteiger charge is -2.26. The first-order valence-corrected chi connectivity index (χ1v) is 21.8.